The van der Waals surface area contributed by atoms with Crippen molar-refractivity contribution in [3.63, 3.8) is 0 Å². The lowest BCUT2D eigenvalue weighted by Crippen LogP contribution is -2.16. The molecule has 1 heterocycles. The van der Waals surface area contributed by atoms with Crippen molar-refractivity contribution in [2.24, 2.45) is 0 Å². The predicted molar refractivity (Wildman–Crippen MR) is 85.7 cm³/mol. The number of benzene rings is 1. The van der Waals surface area contributed by atoms with Crippen LogP contribution < -0.4 is 11.1 Å². The fourth-order valence-electron chi connectivity index (χ4n) is 1.69. The molecule has 20 heavy (non-hydrogen) atoms. The van der Waals surface area contributed by atoms with E-state index in [2.05, 4.69) is 47.4 Å². The molecule has 104 valence electrons. The molecule has 7 heteroatoms. The third-order valence-electron chi connectivity index (χ3n) is 2.67. The summed E-state index contributed by atoms with van der Waals surface area (Å²) in [5.74, 6) is -0.268. The fourth-order valence-corrected chi connectivity index (χ4v) is 3.04. The molecule has 0 atom stereocenters. The van der Waals surface area contributed by atoms with Gasteiger partial charge < -0.3 is 11.1 Å². The van der Waals surface area contributed by atoms with E-state index in [0.717, 1.165) is 4.47 Å². The topological polar surface area (TPSA) is 80.9 Å². The number of aromatic nitrogens is 2. The monoisotopic (exact) mass is 398 g/mol. The fraction of sp³-hybridized carbons (Fsp3) is 0.154. The Morgan fingerprint density at radius 3 is 2.55 bits per heavy atom. The minimum absolute atomic E-state index is 0.268. The molecular weight excluding hydrogens is 388 g/mol. The van der Waals surface area contributed by atoms with Crippen LogP contribution in [0.5, 0.6) is 0 Å². The van der Waals surface area contributed by atoms with Crippen LogP contribution in [0.3, 0.4) is 0 Å². The molecule has 1 amide bonds. The van der Waals surface area contributed by atoms with Crippen LogP contribution in [0.1, 0.15) is 21.7 Å². The zero-order chi connectivity index (χ0) is 14.9. The van der Waals surface area contributed by atoms with E-state index < -0.39 is 0 Å². The third kappa shape index (κ3) is 3.16. The van der Waals surface area contributed by atoms with E-state index in [4.69, 9.17) is 5.73 Å². The van der Waals surface area contributed by atoms with Crippen molar-refractivity contribution in [3.8, 4) is 0 Å². The number of carbonyl (C=O) groups excluding carboxylic acids is 1. The first-order valence-electron chi connectivity index (χ1n) is 5.75. The van der Waals surface area contributed by atoms with Gasteiger partial charge in [0.25, 0.3) is 5.91 Å². The van der Waals surface area contributed by atoms with Crippen molar-refractivity contribution in [1.29, 1.82) is 0 Å². The van der Waals surface area contributed by atoms with E-state index in [1.54, 1.807) is 26.0 Å². The van der Waals surface area contributed by atoms with Gasteiger partial charge in [-0.1, -0.05) is 15.9 Å². The van der Waals surface area contributed by atoms with Gasteiger partial charge in [-0.05, 0) is 48.0 Å². The number of nitrogens with one attached hydrogen (secondary N) is 1. The average Bonchev–Trinajstić information content (AvgIpc) is 2.36. The zero-order valence-corrected chi connectivity index (χ0v) is 14.0. The summed E-state index contributed by atoms with van der Waals surface area (Å²) in [5, 5.41) is 10.6. The largest absolute Gasteiger partial charge is 0.397 e. The first kappa shape index (κ1) is 14.9. The molecule has 2 rings (SSSR count). The molecule has 0 unspecified atom stereocenters. The normalized spacial score (nSPS) is 10.4. The molecule has 0 radical (unpaired) electrons. The van der Waals surface area contributed by atoms with Gasteiger partial charge in [0.1, 0.15) is 0 Å². The molecule has 0 saturated heterocycles. The molecule has 0 spiro atoms. The van der Waals surface area contributed by atoms with Crippen LogP contribution >= 0.6 is 31.9 Å². The van der Waals surface area contributed by atoms with Crippen LogP contribution in [0.2, 0.25) is 0 Å². The van der Waals surface area contributed by atoms with Crippen LogP contribution in [0.25, 0.3) is 0 Å². The quantitative estimate of drug-likeness (QED) is 0.757. The second-order valence-electron chi connectivity index (χ2n) is 4.29. The Bertz CT molecular complexity index is 665. The number of hydrogen-bond donors (Lipinski definition) is 2. The standard InChI is InChI=1S/C13H12Br2N4O/c1-6-3-9(7(2)19-18-6)13(20)17-12-10(15)4-8(14)5-11(12)16/h3-5H,16H2,1-2H3,(H,17,20). The number of halogens is 2. The molecule has 0 fully saturated rings. The van der Waals surface area contributed by atoms with Gasteiger partial charge >= 0.3 is 0 Å². The van der Waals surface area contributed by atoms with Gasteiger partial charge in [-0.3, -0.25) is 4.79 Å². The van der Waals surface area contributed by atoms with Crippen LogP contribution in [0.4, 0.5) is 11.4 Å². The highest BCUT2D eigenvalue weighted by molar-refractivity contribution is 9.11. The number of carbonyl (C=O) groups is 1. The van der Waals surface area contributed by atoms with Gasteiger partial charge in [-0.15, -0.1) is 0 Å². The highest BCUT2D eigenvalue weighted by Gasteiger charge is 2.15. The summed E-state index contributed by atoms with van der Waals surface area (Å²) in [7, 11) is 0. The number of nitrogens with zero attached hydrogens (tertiary/aromatic N) is 2. The lowest BCUT2D eigenvalue weighted by Gasteiger charge is -2.12. The smallest absolute Gasteiger partial charge is 0.257 e. The Balaban J connectivity index is 2.35. The summed E-state index contributed by atoms with van der Waals surface area (Å²) < 4.78 is 1.53. The Morgan fingerprint density at radius 2 is 1.90 bits per heavy atom. The van der Waals surface area contributed by atoms with Crippen LogP contribution in [0.15, 0.2) is 27.1 Å². The van der Waals surface area contributed by atoms with E-state index in [9.17, 15) is 4.79 Å². The number of nitrogens with two attached hydrogens (primary N) is 1. The molecule has 0 bridgehead atoms. The number of nitrogen functional groups attached to an aromatic ring is 1. The Labute approximate surface area is 133 Å². The summed E-state index contributed by atoms with van der Waals surface area (Å²) in [6, 6.07) is 5.23. The van der Waals surface area contributed by atoms with Crippen molar-refractivity contribution in [2.45, 2.75) is 13.8 Å². The van der Waals surface area contributed by atoms with E-state index >= 15 is 0 Å². The van der Waals surface area contributed by atoms with E-state index in [0.29, 0.717) is 32.8 Å². The average molecular weight is 400 g/mol. The van der Waals surface area contributed by atoms with Gasteiger partial charge in [-0.25, -0.2) is 0 Å². The Morgan fingerprint density at radius 1 is 1.20 bits per heavy atom. The first-order valence-corrected chi connectivity index (χ1v) is 7.34. The van der Waals surface area contributed by atoms with Crippen molar-refractivity contribution >= 4 is 49.1 Å². The maximum atomic E-state index is 12.3. The van der Waals surface area contributed by atoms with E-state index in [1.807, 2.05) is 6.07 Å². The lowest BCUT2D eigenvalue weighted by atomic mass is 10.1. The summed E-state index contributed by atoms with van der Waals surface area (Å²) in [5.41, 5.74) is 8.65. The van der Waals surface area contributed by atoms with Crippen LogP contribution in [0, 0.1) is 13.8 Å². The van der Waals surface area contributed by atoms with Gasteiger partial charge in [-0.2, -0.15) is 10.2 Å². The third-order valence-corrected chi connectivity index (χ3v) is 3.75. The van der Waals surface area contributed by atoms with Gasteiger partial charge in [0.15, 0.2) is 0 Å². The van der Waals surface area contributed by atoms with Gasteiger partial charge in [0, 0.05) is 8.95 Å². The van der Waals surface area contributed by atoms with Crippen LogP contribution in [-0.2, 0) is 0 Å². The summed E-state index contributed by atoms with van der Waals surface area (Å²) in [6.07, 6.45) is 0. The summed E-state index contributed by atoms with van der Waals surface area (Å²) in [6.45, 7) is 3.52. The molecule has 3 N–H and O–H groups in total. The molecule has 0 aliphatic rings. The van der Waals surface area contributed by atoms with Gasteiger partial charge in [0.2, 0.25) is 0 Å². The highest BCUT2D eigenvalue weighted by atomic mass is 79.9. The lowest BCUT2D eigenvalue weighted by molar-refractivity contribution is 0.102. The molecule has 0 saturated carbocycles. The predicted octanol–water partition coefficient (Wildman–Crippen LogP) is 3.45. The molecule has 0 aliphatic carbocycles. The highest BCUT2D eigenvalue weighted by Crippen LogP contribution is 2.32. The molecule has 0 aliphatic heterocycles. The summed E-state index contributed by atoms with van der Waals surface area (Å²) in [4.78, 5) is 12.3. The van der Waals surface area contributed by atoms with Gasteiger partial charge in [0.05, 0.1) is 28.3 Å². The van der Waals surface area contributed by atoms with Crippen LogP contribution in [-0.4, -0.2) is 16.1 Å². The van der Waals surface area contributed by atoms with Crippen molar-refractivity contribution < 1.29 is 4.79 Å². The SMILES string of the molecule is Cc1cc(C(=O)Nc2c(N)cc(Br)cc2Br)c(C)nn1. The van der Waals surface area contributed by atoms with Crippen molar-refractivity contribution in [3.05, 3.63) is 44.1 Å². The molecule has 1 aromatic heterocycles. The molecular formula is C13H12Br2N4O. The zero-order valence-electron chi connectivity index (χ0n) is 10.9. The Kier molecular flexibility index (Phi) is 4.39. The number of aryl methyl sites for hydroxylation is 2. The van der Waals surface area contributed by atoms with E-state index in [1.165, 1.54) is 0 Å². The number of rotatable bonds is 2. The Hall–Kier alpha value is -1.47. The van der Waals surface area contributed by atoms with E-state index in [-0.39, 0.29) is 5.91 Å². The summed E-state index contributed by atoms with van der Waals surface area (Å²) >= 11 is 6.72. The number of hydrogen-bond acceptors (Lipinski definition) is 4. The number of amides is 1. The van der Waals surface area contributed by atoms with Crippen molar-refractivity contribution in [2.75, 3.05) is 11.1 Å². The second-order valence-corrected chi connectivity index (χ2v) is 6.06. The number of anilines is 2. The minimum atomic E-state index is -0.268. The molecule has 2 aromatic rings. The first-order chi connectivity index (χ1) is 9.38. The van der Waals surface area contributed by atoms with Crippen molar-refractivity contribution in [1.82, 2.24) is 10.2 Å². The minimum Gasteiger partial charge on any atom is -0.397 e. The molecule has 5 nitrogen and oxygen atoms in total. The molecule has 1 aromatic carbocycles. The maximum Gasteiger partial charge on any atom is 0.257 e. The second kappa shape index (κ2) is 5.88. The maximum absolute atomic E-state index is 12.3.